The normalized spacial score (nSPS) is 11.3. The molecule has 0 aliphatic rings. The molecule has 2 N–H and O–H groups in total. The van der Waals surface area contributed by atoms with Crippen LogP contribution in [0.15, 0.2) is 45.8 Å². The summed E-state index contributed by atoms with van der Waals surface area (Å²) in [6.07, 6.45) is 0. The van der Waals surface area contributed by atoms with Crippen molar-refractivity contribution < 1.29 is 18.0 Å². The summed E-state index contributed by atoms with van der Waals surface area (Å²) in [6.45, 7) is 0. The fraction of sp³-hybridized carbons (Fsp3) is 0.125. The van der Waals surface area contributed by atoms with Crippen LogP contribution in [0.2, 0.25) is 10.0 Å². The third-order valence-corrected chi connectivity index (χ3v) is 6.79. The molecule has 0 aliphatic heterocycles. The first kappa shape index (κ1) is 21.6. The summed E-state index contributed by atoms with van der Waals surface area (Å²) in [7, 11) is -1.00. The van der Waals surface area contributed by atoms with Crippen LogP contribution >= 0.6 is 39.1 Å². The molecule has 2 rings (SSSR count). The van der Waals surface area contributed by atoms with Crippen LogP contribution in [0.3, 0.4) is 0 Å². The van der Waals surface area contributed by atoms with Crippen molar-refractivity contribution in [3.8, 4) is 0 Å². The summed E-state index contributed by atoms with van der Waals surface area (Å²) in [4.78, 5) is 24.3. The number of benzene rings is 2. The van der Waals surface area contributed by atoms with Crippen LogP contribution in [0.4, 0.5) is 0 Å². The summed E-state index contributed by atoms with van der Waals surface area (Å²) in [5, 5.41) is 0.469. The number of carbonyl (C=O) groups excluding carboxylic acids is 2. The molecule has 0 aromatic heterocycles. The molecule has 144 valence electrons. The van der Waals surface area contributed by atoms with Crippen molar-refractivity contribution in [3.05, 3.63) is 62.0 Å². The molecular weight excluding hydrogens is 481 g/mol. The van der Waals surface area contributed by atoms with Gasteiger partial charge in [0.1, 0.15) is 0 Å². The van der Waals surface area contributed by atoms with Crippen molar-refractivity contribution in [2.75, 3.05) is 14.1 Å². The SMILES string of the molecule is CN(C)S(=O)(=O)c1cc(C(=O)NNC(=O)c2cc(Cl)ccc2Cl)ccc1Br. The monoisotopic (exact) mass is 493 g/mol. The molecule has 0 aliphatic carbocycles. The maximum Gasteiger partial charge on any atom is 0.271 e. The zero-order valence-corrected chi connectivity index (χ0v) is 18.0. The van der Waals surface area contributed by atoms with Crippen LogP contribution in [0.25, 0.3) is 0 Å². The molecule has 7 nitrogen and oxygen atoms in total. The van der Waals surface area contributed by atoms with Gasteiger partial charge < -0.3 is 0 Å². The lowest BCUT2D eigenvalue weighted by molar-refractivity contribution is 0.0846. The fourth-order valence-electron chi connectivity index (χ4n) is 1.96. The van der Waals surface area contributed by atoms with Crippen molar-refractivity contribution in [1.29, 1.82) is 0 Å². The Hall–Kier alpha value is -1.65. The second-order valence-corrected chi connectivity index (χ2v) is 9.28. The minimum atomic E-state index is -3.76. The molecule has 0 saturated carbocycles. The number of rotatable bonds is 4. The van der Waals surface area contributed by atoms with E-state index in [1.54, 1.807) is 0 Å². The number of nitrogens with zero attached hydrogens (tertiary/aromatic N) is 1. The summed E-state index contributed by atoms with van der Waals surface area (Å²) in [5.41, 5.74) is 4.53. The van der Waals surface area contributed by atoms with E-state index in [1.807, 2.05) is 0 Å². The quantitative estimate of drug-likeness (QED) is 0.638. The minimum absolute atomic E-state index is 0.0381. The molecule has 0 saturated heterocycles. The van der Waals surface area contributed by atoms with E-state index >= 15 is 0 Å². The Morgan fingerprint density at radius 1 is 1.00 bits per heavy atom. The number of hydrogen-bond acceptors (Lipinski definition) is 4. The van der Waals surface area contributed by atoms with Crippen LogP contribution in [0.1, 0.15) is 20.7 Å². The Balaban J connectivity index is 2.19. The first-order valence-corrected chi connectivity index (χ1v) is 10.3. The van der Waals surface area contributed by atoms with Crippen molar-refractivity contribution >= 4 is 61.0 Å². The number of hydrazine groups is 1. The van der Waals surface area contributed by atoms with Crippen LogP contribution in [0, 0.1) is 0 Å². The summed E-state index contributed by atoms with van der Waals surface area (Å²) >= 11 is 14.9. The second kappa shape index (κ2) is 8.57. The van der Waals surface area contributed by atoms with Gasteiger partial charge in [-0.2, -0.15) is 0 Å². The van der Waals surface area contributed by atoms with Gasteiger partial charge in [-0.3, -0.25) is 20.4 Å². The van der Waals surface area contributed by atoms with Gasteiger partial charge in [-0.05, 0) is 52.3 Å². The smallest absolute Gasteiger partial charge is 0.267 e. The number of carbonyl (C=O) groups is 2. The van der Waals surface area contributed by atoms with E-state index in [0.29, 0.717) is 9.50 Å². The molecule has 2 aromatic carbocycles. The molecule has 2 aromatic rings. The summed E-state index contributed by atoms with van der Waals surface area (Å²) < 4.78 is 26.0. The zero-order valence-electron chi connectivity index (χ0n) is 14.1. The zero-order chi connectivity index (χ0) is 20.4. The van der Waals surface area contributed by atoms with E-state index < -0.39 is 21.8 Å². The molecule has 2 amide bonds. The highest BCUT2D eigenvalue weighted by Crippen LogP contribution is 2.25. The topological polar surface area (TPSA) is 95.6 Å². The maximum atomic E-state index is 12.3. The van der Waals surface area contributed by atoms with E-state index in [4.69, 9.17) is 23.2 Å². The molecule has 11 heteroatoms. The number of hydrogen-bond donors (Lipinski definition) is 2. The Morgan fingerprint density at radius 2 is 1.63 bits per heavy atom. The lowest BCUT2D eigenvalue weighted by Crippen LogP contribution is -2.41. The van der Waals surface area contributed by atoms with E-state index in [9.17, 15) is 18.0 Å². The molecule has 0 atom stereocenters. The average Bonchev–Trinajstić information content (AvgIpc) is 2.61. The maximum absolute atomic E-state index is 12.3. The highest BCUT2D eigenvalue weighted by Gasteiger charge is 2.22. The minimum Gasteiger partial charge on any atom is -0.267 e. The molecular formula is C16H14BrCl2N3O4S. The number of sulfonamides is 1. The molecule has 0 radical (unpaired) electrons. The summed E-state index contributed by atoms with van der Waals surface area (Å²) in [6, 6.07) is 8.37. The van der Waals surface area contributed by atoms with Gasteiger partial charge in [0.25, 0.3) is 11.8 Å². The fourth-order valence-corrected chi connectivity index (χ4v) is 4.18. The lowest BCUT2D eigenvalue weighted by Gasteiger charge is -2.14. The third kappa shape index (κ3) is 4.99. The van der Waals surface area contributed by atoms with Crippen molar-refractivity contribution in [3.63, 3.8) is 0 Å². The highest BCUT2D eigenvalue weighted by molar-refractivity contribution is 9.10. The van der Waals surface area contributed by atoms with Crippen LogP contribution in [0.5, 0.6) is 0 Å². The van der Waals surface area contributed by atoms with Gasteiger partial charge in [0.05, 0.1) is 15.5 Å². The van der Waals surface area contributed by atoms with Gasteiger partial charge in [0.2, 0.25) is 10.0 Å². The van der Waals surface area contributed by atoms with Gasteiger partial charge in [0.15, 0.2) is 0 Å². The molecule has 0 spiro atoms. The van der Waals surface area contributed by atoms with Crippen LogP contribution in [-0.2, 0) is 10.0 Å². The largest absolute Gasteiger partial charge is 0.271 e. The predicted octanol–water partition coefficient (Wildman–Crippen LogP) is 3.08. The first-order chi connectivity index (χ1) is 12.5. The predicted molar refractivity (Wildman–Crippen MR) is 106 cm³/mol. The van der Waals surface area contributed by atoms with Crippen molar-refractivity contribution in [2.24, 2.45) is 0 Å². The van der Waals surface area contributed by atoms with Gasteiger partial charge in [-0.25, -0.2) is 12.7 Å². The van der Waals surface area contributed by atoms with Gasteiger partial charge in [0, 0.05) is 29.2 Å². The Bertz CT molecular complexity index is 1010. The van der Waals surface area contributed by atoms with Crippen molar-refractivity contribution in [2.45, 2.75) is 4.90 Å². The van der Waals surface area contributed by atoms with Crippen LogP contribution < -0.4 is 10.9 Å². The molecule has 0 bridgehead atoms. The number of nitrogens with one attached hydrogen (secondary N) is 2. The number of halogens is 3. The highest BCUT2D eigenvalue weighted by atomic mass is 79.9. The third-order valence-electron chi connectivity index (χ3n) is 3.41. The number of amides is 2. The standard InChI is InChI=1S/C16H14BrCl2N3O4S/c1-22(2)27(25,26)14-7-9(3-5-12(14)17)15(23)20-21-16(24)11-8-10(18)4-6-13(11)19/h3-8H,1-2H3,(H,20,23)(H,21,24). The summed E-state index contributed by atoms with van der Waals surface area (Å²) in [5.74, 6) is -1.38. The van der Waals surface area contributed by atoms with E-state index in [-0.39, 0.29) is 21.0 Å². The van der Waals surface area contributed by atoms with Gasteiger partial charge >= 0.3 is 0 Å². The van der Waals surface area contributed by atoms with Gasteiger partial charge in [-0.15, -0.1) is 0 Å². The van der Waals surface area contributed by atoms with Gasteiger partial charge in [-0.1, -0.05) is 23.2 Å². The Labute approximate surface area is 174 Å². The Kier molecular flexibility index (Phi) is 6.87. The second-order valence-electron chi connectivity index (χ2n) is 5.47. The molecule has 27 heavy (non-hydrogen) atoms. The van der Waals surface area contributed by atoms with E-state index in [1.165, 1.54) is 50.5 Å². The lowest BCUT2D eigenvalue weighted by atomic mass is 10.2. The van der Waals surface area contributed by atoms with Crippen molar-refractivity contribution in [1.82, 2.24) is 15.2 Å². The average molecular weight is 495 g/mol. The van der Waals surface area contributed by atoms with E-state index in [0.717, 1.165) is 4.31 Å². The molecule has 0 unspecified atom stereocenters. The van der Waals surface area contributed by atoms with Crippen LogP contribution in [-0.4, -0.2) is 38.6 Å². The first-order valence-electron chi connectivity index (χ1n) is 7.32. The van der Waals surface area contributed by atoms with E-state index in [2.05, 4.69) is 26.8 Å². The molecule has 0 fully saturated rings. The Morgan fingerprint density at radius 3 is 2.26 bits per heavy atom. The molecule has 0 heterocycles.